The molecule has 0 aliphatic heterocycles. The number of anilines is 1. The van der Waals surface area contributed by atoms with Gasteiger partial charge in [-0.25, -0.2) is 4.68 Å². The Bertz CT molecular complexity index is 492. The summed E-state index contributed by atoms with van der Waals surface area (Å²) in [7, 11) is 1.89. The number of aromatic nitrogens is 5. The van der Waals surface area contributed by atoms with Crippen molar-refractivity contribution >= 4 is 5.82 Å². The maximum Gasteiger partial charge on any atom is 0.175 e. The minimum Gasteiger partial charge on any atom is -0.380 e. The van der Waals surface area contributed by atoms with Crippen molar-refractivity contribution < 1.29 is 0 Å². The molecule has 0 atom stereocenters. The van der Waals surface area contributed by atoms with Gasteiger partial charge in [0, 0.05) is 13.2 Å². The molecule has 3 rings (SSSR count). The number of rotatable bonds is 2. The lowest BCUT2D eigenvalue weighted by atomic mass is 10.3. The maximum atomic E-state index is 5.83. The zero-order valence-electron chi connectivity index (χ0n) is 8.46. The fraction of sp³-hybridized carbons (Fsp3) is 0.444. The van der Waals surface area contributed by atoms with Gasteiger partial charge in [-0.1, -0.05) is 5.21 Å². The van der Waals surface area contributed by atoms with Crippen LogP contribution in [0.3, 0.4) is 0 Å². The molecule has 0 saturated heterocycles. The average molecular weight is 204 g/mol. The zero-order valence-corrected chi connectivity index (χ0v) is 8.46. The van der Waals surface area contributed by atoms with Crippen LogP contribution in [-0.4, -0.2) is 24.8 Å². The molecule has 0 radical (unpaired) electrons. The number of nitrogens with zero attached hydrogens (tertiary/aromatic N) is 5. The lowest BCUT2D eigenvalue weighted by Crippen LogP contribution is -2.03. The summed E-state index contributed by atoms with van der Waals surface area (Å²) < 4.78 is 3.69. The second-order valence-corrected chi connectivity index (χ2v) is 3.84. The van der Waals surface area contributed by atoms with Crippen molar-refractivity contribution in [3.63, 3.8) is 0 Å². The van der Waals surface area contributed by atoms with Gasteiger partial charge in [0.1, 0.15) is 5.69 Å². The lowest BCUT2D eigenvalue weighted by molar-refractivity contribution is 0.611. The summed E-state index contributed by atoms with van der Waals surface area (Å²) in [5.41, 5.74) is 7.68. The molecule has 0 unspecified atom stereocenters. The summed E-state index contributed by atoms with van der Waals surface area (Å²) >= 11 is 0. The van der Waals surface area contributed by atoms with Gasteiger partial charge in [-0.05, 0) is 18.9 Å². The SMILES string of the molecule is Cn1nccc1-c1c(N)nnn1C1CC1. The second kappa shape index (κ2) is 2.82. The molecule has 15 heavy (non-hydrogen) atoms. The van der Waals surface area contributed by atoms with Crippen LogP contribution >= 0.6 is 0 Å². The second-order valence-electron chi connectivity index (χ2n) is 3.84. The van der Waals surface area contributed by atoms with Crippen LogP contribution in [0.15, 0.2) is 12.3 Å². The molecule has 2 aromatic heterocycles. The van der Waals surface area contributed by atoms with E-state index in [1.165, 1.54) is 0 Å². The van der Waals surface area contributed by atoms with Crippen LogP contribution in [0.5, 0.6) is 0 Å². The van der Waals surface area contributed by atoms with Crippen molar-refractivity contribution in [1.82, 2.24) is 24.8 Å². The Morgan fingerprint density at radius 1 is 1.47 bits per heavy atom. The van der Waals surface area contributed by atoms with Gasteiger partial charge in [-0.3, -0.25) is 4.68 Å². The highest BCUT2D eigenvalue weighted by Crippen LogP contribution is 2.38. The molecule has 2 aromatic rings. The van der Waals surface area contributed by atoms with Crippen molar-refractivity contribution in [1.29, 1.82) is 0 Å². The van der Waals surface area contributed by atoms with Crippen LogP contribution in [0.1, 0.15) is 18.9 Å². The summed E-state index contributed by atoms with van der Waals surface area (Å²) in [6.45, 7) is 0. The molecule has 1 saturated carbocycles. The molecular weight excluding hydrogens is 192 g/mol. The van der Waals surface area contributed by atoms with Crippen LogP contribution in [-0.2, 0) is 7.05 Å². The van der Waals surface area contributed by atoms with Crippen LogP contribution in [0.2, 0.25) is 0 Å². The van der Waals surface area contributed by atoms with Crippen molar-refractivity contribution in [3.05, 3.63) is 12.3 Å². The first-order valence-corrected chi connectivity index (χ1v) is 4.96. The Morgan fingerprint density at radius 3 is 2.87 bits per heavy atom. The molecule has 0 spiro atoms. The molecule has 0 amide bonds. The number of hydrogen-bond acceptors (Lipinski definition) is 4. The van der Waals surface area contributed by atoms with Crippen LogP contribution in [0.25, 0.3) is 11.4 Å². The molecule has 78 valence electrons. The molecule has 2 heterocycles. The fourth-order valence-electron chi connectivity index (χ4n) is 1.74. The molecular formula is C9H12N6. The van der Waals surface area contributed by atoms with Crippen molar-refractivity contribution in [2.24, 2.45) is 7.05 Å². The Balaban J connectivity index is 2.17. The Hall–Kier alpha value is -1.85. The fourth-order valence-corrected chi connectivity index (χ4v) is 1.74. The van der Waals surface area contributed by atoms with Crippen molar-refractivity contribution in [3.8, 4) is 11.4 Å². The van der Waals surface area contributed by atoms with Gasteiger partial charge in [-0.2, -0.15) is 5.10 Å². The smallest absolute Gasteiger partial charge is 0.175 e. The van der Waals surface area contributed by atoms with Gasteiger partial charge >= 0.3 is 0 Å². The Kier molecular flexibility index (Phi) is 1.59. The van der Waals surface area contributed by atoms with E-state index in [4.69, 9.17) is 5.73 Å². The third-order valence-corrected chi connectivity index (χ3v) is 2.68. The summed E-state index contributed by atoms with van der Waals surface area (Å²) in [5.74, 6) is 0.477. The molecule has 0 aromatic carbocycles. The number of aryl methyl sites for hydroxylation is 1. The molecule has 0 bridgehead atoms. The first-order chi connectivity index (χ1) is 7.27. The largest absolute Gasteiger partial charge is 0.380 e. The number of nitrogens with two attached hydrogens (primary N) is 1. The van der Waals surface area contributed by atoms with Crippen LogP contribution in [0, 0.1) is 0 Å². The van der Waals surface area contributed by atoms with Gasteiger partial charge in [-0.15, -0.1) is 5.10 Å². The highest BCUT2D eigenvalue weighted by molar-refractivity contribution is 5.66. The van der Waals surface area contributed by atoms with Gasteiger partial charge in [0.05, 0.1) is 11.7 Å². The quantitative estimate of drug-likeness (QED) is 0.777. The normalized spacial score (nSPS) is 15.8. The highest BCUT2D eigenvalue weighted by atomic mass is 15.5. The van der Waals surface area contributed by atoms with E-state index < -0.39 is 0 Å². The van der Waals surface area contributed by atoms with Crippen LogP contribution in [0.4, 0.5) is 5.82 Å². The van der Waals surface area contributed by atoms with E-state index >= 15 is 0 Å². The van der Waals surface area contributed by atoms with Crippen molar-refractivity contribution in [2.75, 3.05) is 5.73 Å². The molecule has 1 aliphatic carbocycles. The molecule has 6 heteroatoms. The topological polar surface area (TPSA) is 74.6 Å². The lowest BCUT2D eigenvalue weighted by Gasteiger charge is -2.05. The first-order valence-electron chi connectivity index (χ1n) is 4.96. The Morgan fingerprint density at radius 2 is 2.27 bits per heavy atom. The summed E-state index contributed by atoms with van der Waals surface area (Å²) in [5, 5.41) is 12.1. The minimum atomic E-state index is 0.472. The van der Waals surface area contributed by atoms with E-state index in [-0.39, 0.29) is 0 Å². The van der Waals surface area contributed by atoms with Gasteiger partial charge in [0.2, 0.25) is 0 Å². The monoisotopic (exact) mass is 204 g/mol. The molecule has 1 fully saturated rings. The molecule has 1 aliphatic rings. The van der Waals surface area contributed by atoms with Gasteiger partial charge in [0.25, 0.3) is 0 Å². The van der Waals surface area contributed by atoms with E-state index in [1.54, 1.807) is 10.9 Å². The molecule has 2 N–H and O–H groups in total. The van der Waals surface area contributed by atoms with Crippen molar-refractivity contribution in [2.45, 2.75) is 18.9 Å². The minimum absolute atomic E-state index is 0.472. The highest BCUT2D eigenvalue weighted by Gasteiger charge is 2.29. The van der Waals surface area contributed by atoms with E-state index in [0.29, 0.717) is 11.9 Å². The van der Waals surface area contributed by atoms with E-state index in [2.05, 4.69) is 15.4 Å². The van der Waals surface area contributed by atoms with E-state index in [0.717, 1.165) is 24.2 Å². The predicted molar refractivity (Wildman–Crippen MR) is 54.9 cm³/mol. The number of hydrogen-bond donors (Lipinski definition) is 1. The summed E-state index contributed by atoms with van der Waals surface area (Å²) in [6, 6.07) is 2.40. The van der Waals surface area contributed by atoms with Crippen LogP contribution < -0.4 is 5.73 Å². The maximum absolute atomic E-state index is 5.83. The summed E-state index contributed by atoms with van der Waals surface area (Å²) in [6.07, 6.45) is 4.07. The standard InChI is InChI=1S/C9H12N6/c1-14-7(4-5-11-14)8-9(10)12-13-15(8)6-2-3-6/h4-6H,2-3,10H2,1H3. The third kappa shape index (κ3) is 1.21. The zero-order chi connectivity index (χ0) is 10.4. The first kappa shape index (κ1) is 8.46. The number of nitrogen functional groups attached to an aromatic ring is 1. The van der Waals surface area contributed by atoms with E-state index in [9.17, 15) is 0 Å². The molecule has 6 nitrogen and oxygen atoms in total. The predicted octanol–water partition coefficient (Wildman–Crippen LogP) is 0.596. The average Bonchev–Trinajstić information content (AvgIpc) is 2.88. The van der Waals surface area contributed by atoms with Gasteiger partial charge < -0.3 is 5.73 Å². The Labute approximate surface area is 86.7 Å². The van der Waals surface area contributed by atoms with Gasteiger partial charge in [0.15, 0.2) is 5.82 Å². The third-order valence-electron chi connectivity index (χ3n) is 2.68. The van der Waals surface area contributed by atoms with E-state index in [1.807, 2.05) is 17.8 Å². The summed E-state index contributed by atoms with van der Waals surface area (Å²) in [4.78, 5) is 0.